The minimum Gasteiger partial charge on any atom is -0.335 e. The molecule has 86 valence electrons. The van der Waals surface area contributed by atoms with Gasteiger partial charge in [-0.15, -0.1) is 6.58 Å². The Morgan fingerprint density at radius 3 is 2.62 bits per heavy atom. The van der Waals surface area contributed by atoms with Gasteiger partial charge in [-0.25, -0.2) is 0 Å². The number of hydrogen-bond acceptors (Lipinski definition) is 1. The summed E-state index contributed by atoms with van der Waals surface area (Å²) in [4.78, 5) is 13.0. The van der Waals surface area contributed by atoms with Gasteiger partial charge in [-0.1, -0.05) is 35.3 Å². The maximum atomic E-state index is 11.3. The number of carbonyl (C=O) groups excluding carboxylic acids is 1. The van der Waals surface area contributed by atoms with E-state index in [2.05, 4.69) is 6.58 Å². The van der Waals surface area contributed by atoms with E-state index in [9.17, 15) is 4.79 Å². The molecule has 1 aromatic rings. The Kier molecular flexibility index (Phi) is 4.84. The van der Waals surface area contributed by atoms with Crippen molar-refractivity contribution < 1.29 is 4.79 Å². The van der Waals surface area contributed by atoms with Gasteiger partial charge in [0.25, 0.3) is 0 Å². The predicted octanol–water partition coefficient (Wildman–Crippen LogP) is 3.53. The minimum atomic E-state index is 0.00553. The average Bonchev–Trinajstić information content (AvgIpc) is 2.22. The van der Waals surface area contributed by atoms with E-state index in [1.165, 1.54) is 6.92 Å². The maximum Gasteiger partial charge on any atom is 0.220 e. The van der Waals surface area contributed by atoms with Crippen LogP contribution in [0.1, 0.15) is 12.5 Å². The Balaban J connectivity index is 2.81. The molecule has 0 bridgehead atoms. The van der Waals surface area contributed by atoms with Gasteiger partial charge >= 0.3 is 0 Å². The van der Waals surface area contributed by atoms with Gasteiger partial charge in [-0.2, -0.15) is 0 Å². The zero-order valence-electron chi connectivity index (χ0n) is 9.04. The Morgan fingerprint density at radius 1 is 1.44 bits per heavy atom. The van der Waals surface area contributed by atoms with Crippen molar-refractivity contribution in [3.63, 3.8) is 0 Å². The van der Waals surface area contributed by atoms with E-state index in [4.69, 9.17) is 23.2 Å². The fourth-order valence-electron chi connectivity index (χ4n) is 1.32. The summed E-state index contributed by atoms with van der Waals surface area (Å²) in [7, 11) is 0. The topological polar surface area (TPSA) is 20.3 Å². The van der Waals surface area contributed by atoms with Crippen molar-refractivity contribution in [3.8, 4) is 0 Å². The molecule has 0 atom stereocenters. The first-order chi connectivity index (χ1) is 7.54. The van der Waals surface area contributed by atoms with Crippen molar-refractivity contribution in [1.29, 1.82) is 0 Å². The molecule has 2 nitrogen and oxygen atoms in total. The number of nitrogens with zero attached hydrogens (tertiary/aromatic N) is 1. The molecule has 0 aliphatic rings. The van der Waals surface area contributed by atoms with Crippen LogP contribution in [0.2, 0.25) is 10.0 Å². The number of halogens is 2. The molecule has 1 rings (SSSR count). The van der Waals surface area contributed by atoms with E-state index < -0.39 is 0 Å². The van der Waals surface area contributed by atoms with Crippen LogP contribution in [0, 0.1) is 0 Å². The Morgan fingerprint density at radius 2 is 2.12 bits per heavy atom. The van der Waals surface area contributed by atoms with Crippen molar-refractivity contribution in [2.24, 2.45) is 0 Å². The van der Waals surface area contributed by atoms with Crippen LogP contribution in [0.15, 0.2) is 30.9 Å². The molecule has 0 N–H and O–H groups in total. The van der Waals surface area contributed by atoms with E-state index in [0.717, 1.165) is 5.56 Å². The van der Waals surface area contributed by atoms with Gasteiger partial charge in [0.2, 0.25) is 5.91 Å². The van der Waals surface area contributed by atoms with Gasteiger partial charge in [0.05, 0.1) is 10.0 Å². The van der Waals surface area contributed by atoms with E-state index in [1.807, 2.05) is 6.07 Å². The summed E-state index contributed by atoms with van der Waals surface area (Å²) in [6, 6.07) is 5.35. The van der Waals surface area contributed by atoms with Crippen LogP contribution in [0.4, 0.5) is 0 Å². The number of rotatable bonds is 4. The molecule has 0 heterocycles. The maximum absolute atomic E-state index is 11.3. The molecule has 0 radical (unpaired) electrons. The summed E-state index contributed by atoms with van der Waals surface area (Å²) in [6.07, 6.45) is 1.69. The van der Waals surface area contributed by atoms with Crippen LogP contribution in [-0.4, -0.2) is 17.4 Å². The van der Waals surface area contributed by atoms with Gasteiger partial charge in [0.1, 0.15) is 0 Å². The second kappa shape index (κ2) is 5.92. The van der Waals surface area contributed by atoms with Crippen LogP contribution < -0.4 is 0 Å². The molecule has 0 aliphatic heterocycles. The molecule has 0 aromatic heterocycles. The quantitative estimate of drug-likeness (QED) is 0.756. The minimum absolute atomic E-state index is 0.00553. The largest absolute Gasteiger partial charge is 0.335 e. The van der Waals surface area contributed by atoms with Crippen LogP contribution in [0.5, 0.6) is 0 Å². The molecule has 4 heteroatoms. The third kappa shape index (κ3) is 3.54. The van der Waals surface area contributed by atoms with Gasteiger partial charge < -0.3 is 4.90 Å². The number of carbonyl (C=O) groups is 1. The SMILES string of the molecule is C=CCN(Cc1ccc(Cl)c(Cl)c1)C(C)=O. The van der Waals surface area contributed by atoms with Crippen molar-refractivity contribution in [1.82, 2.24) is 4.90 Å². The first-order valence-electron chi connectivity index (χ1n) is 4.85. The van der Waals surface area contributed by atoms with Crippen LogP contribution in [-0.2, 0) is 11.3 Å². The zero-order chi connectivity index (χ0) is 12.1. The first-order valence-corrected chi connectivity index (χ1v) is 5.60. The third-order valence-corrected chi connectivity index (χ3v) is 2.89. The molecule has 1 aromatic carbocycles. The average molecular weight is 258 g/mol. The fraction of sp³-hybridized carbons (Fsp3) is 0.250. The molecular formula is C12H13Cl2NO. The second-order valence-corrected chi connectivity index (χ2v) is 4.25. The highest BCUT2D eigenvalue weighted by Gasteiger charge is 2.08. The number of benzene rings is 1. The Hall–Kier alpha value is -0.990. The summed E-state index contributed by atoms with van der Waals surface area (Å²) >= 11 is 11.7. The van der Waals surface area contributed by atoms with Crippen LogP contribution in [0.25, 0.3) is 0 Å². The molecule has 16 heavy (non-hydrogen) atoms. The van der Waals surface area contributed by atoms with E-state index in [-0.39, 0.29) is 5.91 Å². The molecule has 0 aliphatic carbocycles. The van der Waals surface area contributed by atoms with Gasteiger partial charge in [0, 0.05) is 20.0 Å². The fourth-order valence-corrected chi connectivity index (χ4v) is 1.64. The smallest absolute Gasteiger partial charge is 0.220 e. The van der Waals surface area contributed by atoms with Crippen molar-refractivity contribution in [3.05, 3.63) is 46.5 Å². The van der Waals surface area contributed by atoms with E-state index >= 15 is 0 Å². The van der Waals surface area contributed by atoms with Crippen molar-refractivity contribution >= 4 is 29.1 Å². The summed E-state index contributed by atoms with van der Waals surface area (Å²) < 4.78 is 0. The monoisotopic (exact) mass is 257 g/mol. The van der Waals surface area contributed by atoms with Crippen molar-refractivity contribution in [2.45, 2.75) is 13.5 Å². The molecule has 0 spiro atoms. The van der Waals surface area contributed by atoms with Gasteiger partial charge in [-0.3, -0.25) is 4.79 Å². The van der Waals surface area contributed by atoms with E-state index in [1.54, 1.807) is 23.1 Å². The lowest BCUT2D eigenvalue weighted by molar-refractivity contribution is -0.128. The van der Waals surface area contributed by atoms with E-state index in [0.29, 0.717) is 23.1 Å². The summed E-state index contributed by atoms with van der Waals surface area (Å²) in [5.74, 6) is 0.00553. The number of amides is 1. The number of hydrogen-bond donors (Lipinski definition) is 0. The lowest BCUT2D eigenvalue weighted by atomic mass is 10.2. The third-order valence-electron chi connectivity index (χ3n) is 2.15. The zero-order valence-corrected chi connectivity index (χ0v) is 10.6. The Bertz CT molecular complexity index is 404. The molecule has 0 fully saturated rings. The second-order valence-electron chi connectivity index (χ2n) is 3.44. The summed E-state index contributed by atoms with van der Waals surface area (Å²) in [5.41, 5.74) is 0.950. The predicted molar refractivity (Wildman–Crippen MR) is 67.8 cm³/mol. The lowest BCUT2D eigenvalue weighted by Gasteiger charge is -2.19. The van der Waals surface area contributed by atoms with Crippen LogP contribution in [0.3, 0.4) is 0 Å². The molecule has 0 unspecified atom stereocenters. The standard InChI is InChI=1S/C12H13Cl2NO/c1-3-6-15(9(2)16)8-10-4-5-11(13)12(14)7-10/h3-5,7H,1,6,8H2,2H3. The normalized spacial score (nSPS) is 9.94. The van der Waals surface area contributed by atoms with Gasteiger partial charge in [0.15, 0.2) is 0 Å². The summed E-state index contributed by atoms with van der Waals surface area (Å²) in [6.45, 7) is 6.18. The van der Waals surface area contributed by atoms with Gasteiger partial charge in [-0.05, 0) is 17.7 Å². The molecule has 0 saturated heterocycles. The molecule has 1 amide bonds. The highest BCUT2D eigenvalue weighted by atomic mass is 35.5. The molecule has 0 saturated carbocycles. The summed E-state index contributed by atoms with van der Waals surface area (Å²) in [5, 5.41) is 1.02. The van der Waals surface area contributed by atoms with Crippen molar-refractivity contribution in [2.75, 3.05) is 6.54 Å². The highest BCUT2D eigenvalue weighted by molar-refractivity contribution is 6.42. The lowest BCUT2D eigenvalue weighted by Crippen LogP contribution is -2.28. The van der Waals surface area contributed by atoms with Crippen LogP contribution >= 0.6 is 23.2 Å². The first kappa shape index (κ1) is 13.1. The molecular weight excluding hydrogens is 245 g/mol. The highest BCUT2D eigenvalue weighted by Crippen LogP contribution is 2.23. The Labute approximate surface area is 105 Å².